The summed E-state index contributed by atoms with van der Waals surface area (Å²) in [6, 6.07) is 8.68. The van der Waals surface area contributed by atoms with Crippen molar-refractivity contribution < 1.29 is 9.53 Å². The van der Waals surface area contributed by atoms with Crippen LogP contribution in [0.25, 0.3) is 0 Å². The minimum Gasteiger partial charge on any atom is -0.444 e. The monoisotopic (exact) mass is 306 g/mol. The van der Waals surface area contributed by atoms with E-state index in [1.807, 2.05) is 20.8 Å². The SMILES string of the molecule is Cc1ccc(CNC(CNC(=O)OC(C)(C)C)C(C)C)cc1. The molecule has 0 aromatic heterocycles. The number of nitrogens with one attached hydrogen (secondary N) is 2. The van der Waals surface area contributed by atoms with E-state index in [0.29, 0.717) is 12.5 Å². The number of carbonyl (C=O) groups excluding carboxylic acids is 1. The van der Waals surface area contributed by atoms with Gasteiger partial charge in [-0.1, -0.05) is 43.7 Å². The molecule has 1 amide bonds. The van der Waals surface area contributed by atoms with Gasteiger partial charge in [0.15, 0.2) is 0 Å². The topological polar surface area (TPSA) is 50.4 Å². The lowest BCUT2D eigenvalue weighted by Gasteiger charge is -2.25. The standard InChI is InChI=1S/C18H30N2O2/c1-13(2)16(12-20-17(21)22-18(4,5)6)19-11-15-9-7-14(3)8-10-15/h7-10,13,16,19H,11-12H2,1-6H3,(H,20,21). The summed E-state index contributed by atoms with van der Waals surface area (Å²) in [5.74, 6) is 0.417. The molecule has 0 radical (unpaired) electrons. The molecule has 0 aliphatic rings. The van der Waals surface area contributed by atoms with Crippen molar-refractivity contribution in [1.29, 1.82) is 0 Å². The van der Waals surface area contributed by atoms with Gasteiger partial charge >= 0.3 is 6.09 Å². The normalized spacial score (nSPS) is 13.0. The molecule has 1 rings (SSSR count). The van der Waals surface area contributed by atoms with Crippen LogP contribution < -0.4 is 10.6 Å². The minimum atomic E-state index is -0.466. The molecule has 1 aromatic rings. The number of rotatable bonds is 6. The van der Waals surface area contributed by atoms with Gasteiger partial charge in [-0.25, -0.2) is 4.79 Å². The van der Waals surface area contributed by atoms with Crippen molar-refractivity contribution in [1.82, 2.24) is 10.6 Å². The van der Waals surface area contributed by atoms with Crippen LogP contribution in [0.4, 0.5) is 4.79 Å². The highest BCUT2D eigenvalue weighted by Crippen LogP contribution is 2.08. The van der Waals surface area contributed by atoms with Crippen molar-refractivity contribution in [3.63, 3.8) is 0 Å². The van der Waals surface area contributed by atoms with Crippen molar-refractivity contribution >= 4 is 6.09 Å². The summed E-state index contributed by atoms with van der Waals surface area (Å²) in [5.41, 5.74) is 2.04. The number of ether oxygens (including phenoxy) is 1. The van der Waals surface area contributed by atoms with Gasteiger partial charge in [-0.3, -0.25) is 0 Å². The molecular weight excluding hydrogens is 276 g/mol. The number of hydrogen-bond acceptors (Lipinski definition) is 3. The second kappa shape index (κ2) is 8.18. The molecule has 0 aliphatic carbocycles. The lowest BCUT2D eigenvalue weighted by Crippen LogP contribution is -2.45. The third-order valence-corrected chi connectivity index (χ3v) is 3.36. The van der Waals surface area contributed by atoms with Crippen LogP contribution in [-0.2, 0) is 11.3 Å². The average Bonchev–Trinajstić information content (AvgIpc) is 2.38. The highest BCUT2D eigenvalue weighted by Gasteiger charge is 2.18. The maximum Gasteiger partial charge on any atom is 0.407 e. The lowest BCUT2D eigenvalue weighted by molar-refractivity contribution is 0.0519. The van der Waals surface area contributed by atoms with Crippen molar-refractivity contribution in [2.75, 3.05) is 6.54 Å². The molecule has 4 nitrogen and oxygen atoms in total. The molecule has 1 aromatic carbocycles. The van der Waals surface area contributed by atoms with Crippen molar-refractivity contribution in [3.8, 4) is 0 Å². The number of carbonyl (C=O) groups is 1. The van der Waals surface area contributed by atoms with Gasteiger partial charge in [-0.2, -0.15) is 0 Å². The fourth-order valence-electron chi connectivity index (χ4n) is 2.01. The smallest absolute Gasteiger partial charge is 0.407 e. The van der Waals surface area contributed by atoms with Gasteiger partial charge in [0.05, 0.1) is 0 Å². The van der Waals surface area contributed by atoms with Crippen LogP contribution in [0, 0.1) is 12.8 Å². The Morgan fingerprint density at radius 1 is 1.18 bits per heavy atom. The van der Waals surface area contributed by atoms with Crippen molar-refractivity contribution in [2.24, 2.45) is 5.92 Å². The van der Waals surface area contributed by atoms with Crippen LogP contribution >= 0.6 is 0 Å². The van der Waals surface area contributed by atoms with E-state index in [4.69, 9.17) is 4.74 Å². The third-order valence-electron chi connectivity index (χ3n) is 3.36. The maximum atomic E-state index is 11.7. The van der Waals surface area contributed by atoms with Gasteiger partial charge in [0.25, 0.3) is 0 Å². The fraction of sp³-hybridized carbons (Fsp3) is 0.611. The first kappa shape index (κ1) is 18.5. The van der Waals surface area contributed by atoms with E-state index >= 15 is 0 Å². The summed E-state index contributed by atoms with van der Waals surface area (Å²) in [5, 5.41) is 6.35. The Labute approximate surface area is 134 Å². The molecule has 0 aliphatic heterocycles. The molecule has 0 spiro atoms. The quantitative estimate of drug-likeness (QED) is 0.843. The Bertz CT molecular complexity index is 461. The van der Waals surface area contributed by atoms with Crippen LogP contribution in [-0.4, -0.2) is 24.3 Å². The summed E-state index contributed by atoms with van der Waals surface area (Å²) >= 11 is 0. The van der Waals surface area contributed by atoms with Gasteiger partial charge in [-0.15, -0.1) is 0 Å². The lowest BCUT2D eigenvalue weighted by atomic mass is 10.0. The van der Waals surface area contributed by atoms with Crippen LogP contribution in [0.2, 0.25) is 0 Å². The molecular formula is C18H30N2O2. The third kappa shape index (κ3) is 7.46. The molecule has 0 heterocycles. The number of benzene rings is 1. The Morgan fingerprint density at radius 3 is 2.27 bits per heavy atom. The molecule has 124 valence electrons. The van der Waals surface area contributed by atoms with Crippen LogP contribution in [0.5, 0.6) is 0 Å². The summed E-state index contributed by atoms with van der Waals surface area (Å²) in [6.45, 7) is 13.3. The molecule has 1 atom stereocenters. The molecule has 4 heteroatoms. The molecule has 22 heavy (non-hydrogen) atoms. The largest absolute Gasteiger partial charge is 0.444 e. The highest BCUT2D eigenvalue weighted by molar-refractivity contribution is 5.67. The van der Waals surface area contributed by atoms with Gasteiger partial charge in [0.2, 0.25) is 0 Å². The zero-order valence-electron chi connectivity index (χ0n) is 14.7. The Morgan fingerprint density at radius 2 is 1.77 bits per heavy atom. The van der Waals surface area contributed by atoms with Crippen LogP contribution in [0.1, 0.15) is 45.7 Å². The van der Waals surface area contributed by atoms with Gasteiger partial charge in [0.1, 0.15) is 5.60 Å². The molecule has 0 bridgehead atoms. The summed E-state index contributed by atoms with van der Waals surface area (Å²) < 4.78 is 5.27. The zero-order chi connectivity index (χ0) is 16.8. The van der Waals surface area contributed by atoms with E-state index in [-0.39, 0.29) is 12.1 Å². The first-order valence-electron chi connectivity index (χ1n) is 7.93. The molecule has 1 unspecified atom stereocenters. The van der Waals surface area contributed by atoms with Crippen LogP contribution in [0.15, 0.2) is 24.3 Å². The van der Waals surface area contributed by atoms with Crippen molar-refractivity contribution in [2.45, 2.75) is 59.7 Å². The Kier molecular flexibility index (Phi) is 6.88. The summed E-state index contributed by atoms with van der Waals surface area (Å²) in [6.07, 6.45) is -0.365. The Hall–Kier alpha value is -1.55. The molecule has 0 saturated heterocycles. The molecule has 0 saturated carbocycles. The fourth-order valence-corrected chi connectivity index (χ4v) is 2.01. The van der Waals surface area contributed by atoms with Gasteiger partial charge in [-0.05, 0) is 39.2 Å². The van der Waals surface area contributed by atoms with E-state index in [1.165, 1.54) is 11.1 Å². The van der Waals surface area contributed by atoms with Crippen molar-refractivity contribution in [3.05, 3.63) is 35.4 Å². The first-order valence-corrected chi connectivity index (χ1v) is 7.93. The average molecular weight is 306 g/mol. The van der Waals surface area contributed by atoms with E-state index in [1.54, 1.807) is 0 Å². The summed E-state index contributed by atoms with van der Waals surface area (Å²) in [4.78, 5) is 11.7. The van der Waals surface area contributed by atoms with Gasteiger partial charge in [0, 0.05) is 19.1 Å². The number of hydrogen-bond donors (Lipinski definition) is 2. The summed E-state index contributed by atoms with van der Waals surface area (Å²) in [7, 11) is 0. The second-order valence-corrected chi connectivity index (χ2v) is 7.10. The maximum absolute atomic E-state index is 11.7. The van der Waals surface area contributed by atoms with Crippen LogP contribution in [0.3, 0.4) is 0 Å². The minimum absolute atomic E-state index is 0.203. The highest BCUT2D eigenvalue weighted by atomic mass is 16.6. The molecule has 0 fully saturated rings. The van der Waals surface area contributed by atoms with Gasteiger partial charge < -0.3 is 15.4 Å². The predicted octanol–water partition coefficient (Wildman–Crippen LogP) is 3.63. The number of alkyl carbamates (subject to hydrolysis) is 1. The molecule has 2 N–H and O–H groups in total. The number of amides is 1. The zero-order valence-corrected chi connectivity index (χ0v) is 14.7. The number of aryl methyl sites for hydroxylation is 1. The first-order chi connectivity index (χ1) is 10.2. The van der Waals surface area contributed by atoms with E-state index in [9.17, 15) is 4.79 Å². The van der Waals surface area contributed by atoms with E-state index in [0.717, 1.165) is 6.54 Å². The van der Waals surface area contributed by atoms with E-state index in [2.05, 4.69) is 55.7 Å². The second-order valence-electron chi connectivity index (χ2n) is 7.10. The van der Waals surface area contributed by atoms with E-state index < -0.39 is 5.60 Å². The Balaban J connectivity index is 2.45. The predicted molar refractivity (Wildman–Crippen MR) is 90.9 cm³/mol.